The molecule has 0 aliphatic heterocycles. The van der Waals surface area contributed by atoms with Crippen LogP contribution in [0.1, 0.15) is 37.8 Å². The Hall–Kier alpha value is -2.69. The minimum Gasteiger partial charge on any atom is -0.490 e. The fourth-order valence-corrected chi connectivity index (χ4v) is 2.35. The summed E-state index contributed by atoms with van der Waals surface area (Å²) >= 11 is 0. The maximum atomic E-state index is 12.1. The highest BCUT2D eigenvalue weighted by Gasteiger charge is 2.12. The van der Waals surface area contributed by atoms with Crippen molar-refractivity contribution < 1.29 is 19.1 Å². The Kier molecular flexibility index (Phi) is 7.14. The van der Waals surface area contributed by atoms with Crippen LogP contribution in [0.5, 0.6) is 11.5 Å². The molecule has 0 fully saturated rings. The van der Waals surface area contributed by atoms with Crippen LogP contribution < -0.4 is 9.47 Å². The predicted molar refractivity (Wildman–Crippen MR) is 94.8 cm³/mol. The number of hydrogen-bond acceptors (Lipinski definition) is 5. The van der Waals surface area contributed by atoms with Gasteiger partial charge in [-0.1, -0.05) is 6.07 Å². The monoisotopic (exact) mass is 341 g/mol. The minimum absolute atomic E-state index is 0.143. The molecule has 0 saturated heterocycles. The van der Waals surface area contributed by atoms with Gasteiger partial charge in [0.15, 0.2) is 11.5 Å². The molecule has 2 aromatic rings. The molecule has 0 saturated carbocycles. The molecule has 5 heteroatoms. The molecule has 0 aliphatic rings. The highest BCUT2D eigenvalue weighted by atomic mass is 16.6. The second-order valence-corrected chi connectivity index (χ2v) is 5.75. The first-order valence-electron chi connectivity index (χ1n) is 8.43. The molecule has 5 nitrogen and oxygen atoms in total. The maximum Gasteiger partial charge on any atom is 0.311 e. The number of nitrogens with zero attached hydrogens (tertiary/aromatic N) is 1. The van der Waals surface area contributed by atoms with E-state index in [1.165, 1.54) is 0 Å². The van der Waals surface area contributed by atoms with Gasteiger partial charge in [-0.25, -0.2) is 0 Å². The Morgan fingerprint density at radius 2 is 1.68 bits per heavy atom. The Morgan fingerprint density at radius 3 is 2.36 bits per heavy atom. The van der Waals surface area contributed by atoms with E-state index in [1.54, 1.807) is 25.4 Å². The number of carbonyl (C=O) groups is 2. The molecule has 0 N–H and O–H groups in total. The van der Waals surface area contributed by atoms with Crippen molar-refractivity contribution in [1.82, 2.24) is 4.98 Å². The van der Waals surface area contributed by atoms with Crippen LogP contribution in [0.4, 0.5) is 0 Å². The summed E-state index contributed by atoms with van der Waals surface area (Å²) in [7, 11) is 0. The standard InChI is InChI=1S/C20H23NO4/c1-3-24-19-14-17(5-4-15(2)22)6-8-18(19)25-20(23)9-7-16-10-12-21-13-11-16/h6,8,10-14H,3-5,7,9H2,1-2H3. The zero-order valence-corrected chi connectivity index (χ0v) is 14.7. The van der Waals surface area contributed by atoms with E-state index in [0.717, 1.165) is 11.1 Å². The largest absolute Gasteiger partial charge is 0.490 e. The molecule has 0 spiro atoms. The van der Waals surface area contributed by atoms with Crippen LogP contribution in [0.2, 0.25) is 0 Å². The second kappa shape index (κ2) is 9.57. The molecule has 1 aromatic carbocycles. The first-order chi connectivity index (χ1) is 12.1. The topological polar surface area (TPSA) is 65.5 Å². The third-order valence-electron chi connectivity index (χ3n) is 3.66. The van der Waals surface area contributed by atoms with Crippen LogP contribution in [0.25, 0.3) is 0 Å². The van der Waals surface area contributed by atoms with Crippen molar-refractivity contribution >= 4 is 11.8 Å². The number of rotatable bonds is 9. The summed E-state index contributed by atoms with van der Waals surface area (Å²) in [6, 6.07) is 9.17. The van der Waals surface area contributed by atoms with E-state index >= 15 is 0 Å². The van der Waals surface area contributed by atoms with Gasteiger partial charge >= 0.3 is 5.97 Å². The van der Waals surface area contributed by atoms with Crippen molar-refractivity contribution in [3.63, 3.8) is 0 Å². The highest BCUT2D eigenvalue weighted by Crippen LogP contribution is 2.29. The molecule has 0 unspecified atom stereocenters. The number of ether oxygens (including phenoxy) is 2. The van der Waals surface area contributed by atoms with Gasteiger partial charge in [0.1, 0.15) is 5.78 Å². The number of esters is 1. The van der Waals surface area contributed by atoms with Crippen molar-refractivity contribution in [2.75, 3.05) is 6.61 Å². The molecular weight excluding hydrogens is 318 g/mol. The lowest BCUT2D eigenvalue weighted by molar-refractivity contribution is -0.134. The molecule has 25 heavy (non-hydrogen) atoms. The van der Waals surface area contributed by atoms with Crippen LogP contribution in [-0.4, -0.2) is 23.3 Å². The summed E-state index contributed by atoms with van der Waals surface area (Å²) in [5.41, 5.74) is 2.02. The van der Waals surface area contributed by atoms with Crippen molar-refractivity contribution in [3.05, 3.63) is 53.9 Å². The normalized spacial score (nSPS) is 10.3. The van der Waals surface area contributed by atoms with E-state index in [4.69, 9.17) is 9.47 Å². The van der Waals surface area contributed by atoms with Crippen LogP contribution in [-0.2, 0) is 22.4 Å². The quantitative estimate of drug-likeness (QED) is 0.515. The minimum atomic E-state index is -0.311. The number of carbonyl (C=O) groups excluding carboxylic acids is 2. The van der Waals surface area contributed by atoms with E-state index in [-0.39, 0.29) is 18.2 Å². The Labute approximate surface area is 148 Å². The Morgan fingerprint density at radius 1 is 0.960 bits per heavy atom. The van der Waals surface area contributed by atoms with E-state index in [2.05, 4.69) is 4.98 Å². The van der Waals surface area contributed by atoms with Gasteiger partial charge in [-0.05, 0) is 62.1 Å². The van der Waals surface area contributed by atoms with Crippen LogP contribution >= 0.6 is 0 Å². The molecule has 0 radical (unpaired) electrons. The molecule has 0 amide bonds. The van der Waals surface area contributed by atoms with Gasteiger partial charge in [0.25, 0.3) is 0 Å². The first-order valence-corrected chi connectivity index (χ1v) is 8.43. The number of hydrogen-bond donors (Lipinski definition) is 0. The number of ketones is 1. The summed E-state index contributed by atoms with van der Waals surface area (Å²) in [6.07, 6.45) is 5.41. The maximum absolute atomic E-state index is 12.1. The third-order valence-corrected chi connectivity index (χ3v) is 3.66. The van der Waals surface area contributed by atoms with Crippen LogP contribution in [0.3, 0.4) is 0 Å². The molecule has 0 aliphatic carbocycles. The summed E-state index contributed by atoms with van der Waals surface area (Å²) in [4.78, 5) is 27.2. The predicted octanol–water partition coefficient (Wildman–Crippen LogP) is 3.54. The lowest BCUT2D eigenvalue weighted by Crippen LogP contribution is -2.10. The van der Waals surface area contributed by atoms with Crippen molar-refractivity contribution in [3.8, 4) is 11.5 Å². The van der Waals surface area contributed by atoms with Gasteiger partial charge in [0.05, 0.1) is 6.61 Å². The smallest absolute Gasteiger partial charge is 0.311 e. The lowest BCUT2D eigenvalue weighted by atomic mass is 10.1. The molecule has 132 valence electrons. The zero-order chi connectivity index (χ0) is 18.1. The van der Waals surface area contributed by atoms with E-state index in [1.807, 2.05) is 31.2 Å². The molecule has 0 atom stereocenters. The molecule has 2 rings (SSSR count). The number of aryl methyl sites for hydroxylation is 2. The lowest BCUT2D eigenvalue weighted by Gasteiger charge is -2.12. The van der Waals surface area contributed by atoms with Crippen LogP contribution in [0, 0.1) is 0 Å². The Balaban J connectivity index is 1.99. The van der Waals surface area contributed by atoms with E-state index in [0.29, 0.717) is 37.4 Å². The van der Waals surface area contributed by atoms with Gasteiger partial charge in [-0.3, -0.25) is 9.78 Å². The van der Waals surface area contributed by atoms with Crippen molar-refractivity contribution in [1.29, 1.82) is 0 Å². The number of aromatic nitrogens is 1. The van der Waals surface area contributed by atoms with E-state index in [9.17, 15) is 9.59 Å². The SMILES string of the molecule is CCOc1cc(CCC(C)=O)ccc1OC(=O)CCc1ccncc1. The molecular formula is C20H23NO4. The average Bonchev–Trinajstić information content (AvgIpc) is 2.61. The van der Waals surface area contributed by atoms with Crippen LogP contribution in [0.15, 0.2) is 42.7 Å². The van der Waals surface area contributed by atoms with Crippen molar-refractivity contribution in [2.45, 2.75) is 39.5 Å². The zero-order valence-electron chi connectivity index (χ0n) is 14.7. The fraction of sp³-hybridized carbons (Fsp3) is 0.350. The Bertz CT molecular complexity index is 713. The van der Waals surface area contributed by atoms with E-state index < -0.39 is 0 Å². The van der Waals surface area contributed by atoms with Gasteiger partial charge < -0.3 is 14.3 Å². The average molecular weight is 341 g/mol. The second-order valence-electron chi connectivity index (χ2n) is 5.75. The molecule has 0 bridgehead atoms. The highest BCUT2D eigenvalue weighted by molar-refractivity contribution is 5.76. The number of pyridine rings is 1. The number of Topliss-reactive ketones (excluding diaryl/α,β-unsaturated/α-hetero) is 1. The fourth-order valence-electron chi connectivity index (χ4n) is 2.35. The first kappa shape index (κ1) is 18.6. The number of benzene rings is 1. The van der Waals surface area contributed by atoms with Gasteiger partial charge in [0, 0.05) is 25.2 Å². The van der Waals surface area contributed by atoms with Gasteiger partial charge in [0.2, 0.25) is 0 Å². The van der Waals surface area contributed by atoms with Gasteiger partial charge in [-0.2, -0.15) is 0 Å². The van der Waals surface area contributed by atoms with Gasteiger partial charge in [-0.15, -0.1) is 0 Å². The third kappa shape index (κ3) is 6.37. The summed E-state index contributed by atoms with van der Waals surface area (Å²) in [5.74, 6) is 0.771. The summed E-state index contributed by atoms with van der Waals surface area (Å²) < 4.78 is 11.0. The summed E-state index contributed by atoms with van der Waals surface area (Å²) in [6.45, 7) is 3.91. The summed E-state index contributed by atoms with van der Waals surface area (Å²) in [5, 5.41) is 0. The van der Waals surface area contributed by atoms with Crippen molar-refractivity contribution in [2.24, 2.45) is 0 Å². The molecule has 1 aromatic heterocycles. The molecule has 1 heterocycles.